The Kier molecular flexibility index (Phi) is 20.0. The Morgan fingerprint density at radius 2 is 1.39 bits per heavy atom. The largest absolute Gasteiger partial charge is 0.462 e. The van der Waals surface area contributed by atoms with Crippen molar-refractivity contribution >= 4 is 24.1 Å². The number of allylic oxidation sites excluding steroid dienone is 1. The van der Waals surface area contributed by atoms with Crippen LogP contribution < -0.4 is 16.0 Å². The molecule has 0 bridgehead atoms. The van der Waals surface area contributed by atoms with Crippen molar-refractivity contribution in [3.8, 4) is 0 Å². The summed E-state index contributed by atoms with van der Waals surface area (Å²) in [5, 5.41) is 9.21. The molecular weight excluding hydrogens is 805 g/mol. The predicted molar refractivity (Wildman–Crippen MR) is 258 cm³/mol. The molecule has 0 saturated heterocycles. The van der Waals surface area contributed by atoms with E-state index in [9.17, 15) is 19.2 Å². The van der Waals surface area contributed by atoms with Crippen molar-refractivity contribution in [2.45, 2.75) is 229 Å². The second kappa shape index (κ2) is 23.8. The standard InChI is InChI=1S/C53H94N4O7/c1-36(2)17-16-18-37(3)43-21-22-44-42-20-19-40-35-41(25-29-52(40,12)45(42)26-30-53(43,44)13)62-47(59)24-23-46(58)57(34-28-39(5)56-49(61)64-51(9,10)11)33-15-14-31-54-32-27-38(4)55-48(60)63-50(6,7)8/h19,36-39,41-45,54H,14-18,20-35H2,1-13H3,(H,55,60)(H,56,61)/t37-,38?,39?,41+,42+,43-,44+,45+,52+,53-/m1/s1. The number of alkyl carbamates (subject to hydrolysis) is 2. The Bertz CT molecular complexity index is 1550. The van der Waals surface area contributed by atoms with Gasteiger partial charge in [0.15, 0.2) is 0 Å². The van der Waals surface area contributed by atoms with Gasteiger partial charge in [-0.1, -0.05) is 65.5 Å². The lowest BCUT2D eigenvalue weighted by Crippen LogP contribution is -2.51. The smallest absolute Gasteiger partial charge is 0.407 e. The summed E-state index contributed by atoms with van der Waals surface area (Å²) >= 11 is 0. The van der Waals surface area contributed by atoms with E-state index in [1.807, 2.05) is 60.3 Å². The van der Waals surface area contributed by atoms with Crippen LogP contribution in [0.2, 0.25) is 0 Å². The van der Waals surface area contributed by atoms with E-state index in [1.165, 1.54) is 56.9 Å². The van der Waals surface area contributed by atoms with Crippen LogP contribution >= 0.6 is 0 Å². The monoisotopic (exact) mass is 899 g/mol. The van der Waals surface area contributed by atoms with Gasteiger partial charge in [0.2, 0.25) is 5.91 Å². The van der Waals surface area contributed by atoms with Gasteiger partial charge in [-0.15, -0.1) is 0 Å². The highest BCUT2D eigenvalue weighted by atomic mass is 16.6. The number of esters is 1. The van der Waals surface area contributed by atoms with Crippen LogP contribution in [0.15, 0.2) is 11.6 Å². The molecule has 0 radical (unpaired) electrons. The SMILES string of the molecule is CC(C)CCC[C@@H](C)[C@H]1CC[C@H]2[C@@H]3CC=C4C[C@@H](OC(=O)CCC(=O)N(CCCCNCCC(C)NC(=O)OC(C)(C)C)CCC(C)NC(=O)OC(C)(C)C)CC[C@]4(C)[C@H]3CC[C@]12C. The van der Waals surface area contributed by atoms with Crippen LogP contribution in [0.3, 0.4) is 0 Å². The van der Waals surface area contributed by atoms with Crippen LogP contribution in [-0.2, 0) is 23.8 Å². The molecule has 0 aromatic rings. The summed E-state index contributed by atoms with van der Waals surface area (Å²) < 4.78 is 16.9. The molecule has 0 aromatic heterocycles. The number of fused-ring (bicyclic) bond motifs is 5. The van der Waals surface area contributed by atoms with Gasteiger partial charge in [0.05, 0.1) is 6.42 Å². The van der Waals surface area contributed by atoms with Crippen molar-refractivity contribution in [1.82, 2.24) is 20.9 Å². The number of hydrogen-bond acceptors (Lipinski definition) is 8. The number of rotatable bonds is 22. The normalized spacial score (nSPS) is 28.1. The zero-order valence-corrected chi connectivity index (χ0v) is 42.9. The summed E-state index contributed by atoms with van der Waals surface area (Å²) in [7, 11) is 0. The van der Waals surface area contributed by atoms with Gasteiger partial charge >= 0.3 is 18.2 Å². The van der Waals surface area contributed by atoms with Crippen molar-refractivity contribution in [3.05, 3.63) is 11.6 Å². The van der Waals surface area contributed by atoms with Gasteiger partial charge in [-0.25, -0.2) is 9.59 Å². The van der Waals surface area contributed by atoms with E-state index in [2.05, 4.69) is 56.6 Å². The quantitative estimate of drug-likeness (QED) is 0.0423. The molecule has 0 heterocycles. The Hall–Kier alpha value is -2.82. The predicted octanol–water partition coefficient (Wildman–Crippen LogP) is 11.5. The van der Waals surface area contributed by atoms with Crippen molar-refractivity contribution in [2.75, 3.05) is 26.2 Å². The molecule has 64 heavy (non-hydrogen) atoms. The Morgan fingerprint density at radius 1 is 0.734 bits per heavy atom. The maximum atomic E-state index is 13.7. The highest BCUT2D eigenvalue weighted by Crippen LogP contribution is 2.67. The molecule has 11 heteroatoms. The van der Waals surface area contributed by atoms with Crippen LogP contribution in [0, 0.1) is 46.3 Å². The Balaban J connectivity index is 1.25. The lowest BCUT2D eigenvalue weighted by Gasteiger charge is -2.58. The molecule has 3 N–H and O–H groups in total. The first-order valence-electron chi connectivity index (χ1n) is 25.8. The minimum Gasteiger partial charge on any atom is -0.462 e. The van der Waals surface area contributed by atoms with Gasteiger partial charge in [-0.05, 0) is 185 Å². The van der Waals surface area contributed by atoms with E-state index in [1.54, 1.807) is 0 Å². The van der Waals surface area contributed by atoms with E-state index in [-0.39, 0.29) is 48.3 Å². The molecule has 3 saturated carbocycles. The number of carbonyl (C=O) groups excluding carboxylic acids is 4. The highest BCUT2D eigenvalue weighted by molar-refractivity contribution is 5.81. The summed E-state index contributed by atoms with van der Waals surface area (Å²) in [6.45, 7) is 29.9. The molecule has 0 spiro atoms. The molecule has 10 atom stereocenters. The Morgan fingerprint density at radius 3 is 2.03 bits per heavy atom. The summed E-state index contributed by atoms with van der Waals surface area (Å²) in [6.07, 6.45) is 18.2. The van der Waals surface area contributed by atoms with Gasteiger partial charge < -0.3 is 35.1 Å². The number of ether oxygens (including phenoxy) is 3. The summed E-state index contributed by atoms with van der Waals surface area (Å²) in [5.41, 5.74) is 1.03. The third kappa shape index (κ3) is 16.2. The van der Waals surface area contributed by atoms with Crippen molar-refractivity contribution in [2.24, 2.45) is 46.3 Å². The van der Waals surface area contributed by atoms with E-state index >= 15 is 0 Å². The summed E-state index contributed by atoms with van der Waals surface area (Å²) in [6, 6.07) is -0.226. The van der Waals surface area contributed by atoms with Gasteiger partial charge in [0.1, 0.15) is 17.3 Å². The lowest BCUT2D eigenvalue weighted by molar-refractivity contribution is -0.153. The minimum absolute atomic E-state index is 0.0272. The van der Waals surface area contributed by atoms with Gasteiger partial charge in [0.25, 0.3) is 0 Å². The third-order valence-corrected chi connectivity index (χ3v) is 15.6. The highest BCUT2D eigenvalue weighted by Gasteiger charge is 2.59. The molecule has 3 fully saturated rings. The molecular formula is C53H94N4O7. The topological polar surface area (TPSA) is 135 Å². The molecule has 0 aromatic carbocycles. The molecule has 11 nitrogen and oxygen atoms in total. The molecule has 3 amide bonds. The fraction of sp³-hybridized carbons (Fsp3) is 0.887. The first-order valence-corrected chi connectivity index (χ1v) is 25.8. The van der Waals surface area contributed by atoms with Crippen LogP contribution in [0.25, 0.3) is 0 Å². The molecule has 4 aliphatic rings. The molecule has 4 aliphatic carbocycles. The number of amides is 3. The first-order chi connectivity index (χ1) is 29.9. The summed E-state index contributed by atoms with van der Waals surface area (Å²) in [4.78, 5) is 53.4. The maximum Gasteiger partial charge on any atom is 0.407 e. The molecule has 0 aliphatic heterocycles. The summed E-state index contributed by atoms with van der Waals surface area (Å²) in [5.74, 6) is 4.41. The molecule has 2 unspecified atom stereocenters. The van der Waals surface area contributed by atoms with Gasteiger partial charge in [-0.2, -0.15) is 0 Å². The van der Waals surface area contributed by atoms with E-state index in [0.29, 0.717) is 24.9 Å². The van der Waals surface area contributed by atoms with Gasteiger partial charge in [-0.3, -0.25) is 9.59 Å². The molecule has 368 valence electrons. The lowest BCUT2D eigenvalue weighted by atomic mass is 9.47. The first kappa shape index (κ1) is 53.8. The van der Waals surface area contributed by atoms with E-state index in [4.69, 9.17) is 14.2 Å². The van der Waals surface area contributed by atoms with Crippen LogP contribution in [-0.4, -0.2) is 84.5 Å². The number of carbonyl (C=O) groups is 4. The van der Waals surface area contributed by atoms with Crippen LogP contribution in [0.5, 0.6) is 0 Å². The van der Waals surface area contributed by atoms with E-state index < -0.39 is 23.4 Å². The number of hydrogen-bond donors (Lipinski definition) is 3. The zero-order chi connectivity index (χ0) is 47.5. The van der Waals surface area contributed by atoms with Crippen molar-refractivity contribution < 1.29 is 33.4 Å². The number of unbranched alkanes of at least 4 members (excludes halogenated alkanes) is 1. The third-order valence-electron chi connectivity index (χ3n) is 15.6. The van der Waals surface area contributed by atoms with Crippen molar-refractivity contribution in [3.63, 3.8) is 0 Å². The van der Waals surface area contributed by atoms with Gasteiger partial charge in [0, 0.05) is 38.0 Å². The van der Waals surface area contributed by atoms with Crippen LogP contribution in [0.4, 0.5) is 9.59 Å². The zero-order valence-electron chi connectivity index (χ0n) is 42.9. The number of nitrogens with zero attached hydrogens (tertiary/aromatic N) is 1. The second-order valence-corrected chi connectivity index (χ2v) is 23.7. The second-order valence-electron chi connectivity index (χ2n) is 23.7. The van der Waals surface area contributed by atoms with Crippen molar-refractivity contribution in [1.29, 1.82) is 0 Å². The molecule has 4 rings (SSSR count). The van der Waals surface area contributed by atoms with Crippen LogP contribution in [0.1, 0.15) is 199 Å². The fourth-order valence-electron chi connectivity index (χ4n) is 12.2. The number of nitrogens with one attached hydrogen (secondary N) is 3. The average Bonchev–Trinajstić information content (AvgIpc) is 3.53. The average molecular weight is 899 g/mol. The fourth-order valence-corrected chi connectivity index (χ4v) is 12.2. The van der Waals surface area contributed by atoms with E-state index in [0.717, 1.165) is 87.1 Å². The maximum absolute atomic E-state index is 13.7. The Labute approximate surface area is 389 Å². The minimum atomic E-state index is -0.600.